The molecule has 1 heterocycles. The maximum absolute atomic E-state index is 11.3. The van der Waals surface area contributed by atoms with Crippen molar-refractivity contribution in [2.75, 3.05) is 13.2 Å². The van der Waals surface area contributed by atoms with Crippen molar-refractivity contribution in [2.24, 2.45) is 7.05 Å². The van der Waals surface area contributed by atoms with E-state index in [2.05, 4.69) is 10.4 Å². The monoisotopic (exact) mass is 214 g/mol. The predicted molar refractivity (Wildman–Crippen MR) is 49.3 cm³/mol. The number of nitrogens with zero attached hydrogens (tertiary/aromatic N) is 3. The summed E-state index contributed by atoms with van der Waals surface area (Å²) in [5.41, 5.74) is -0.608. The molecule has 15 heavy (non-hydrogen) atoms. The molecular weight excluding hydrogens is 204 g/mol. The largest absolute Gasteiger partial charge is 0.395 e. The number of rotatable bonds is 4. The van der Waals surface area contributed by atoms with Crippen molar-refractivity contribution in [3.8, 4) is 0 Å². The van der Waals surface area contributed by atoms with Crippen molar-refractivity contribution >= 4 is 11.6 Å². The van der Waals surface area contributed by atoms with Crippen LogP contribution in [0.2, 0.25) is 0 Å². The van der Waals surface area contributed by atoms with Gasteiger partial charge in [-0.2, -0.15) is 5.10 Å². The molecule has 1 rings (SSSR count). The Kier molecular flexibility index (Phi) is 3.34. The molecule has 2 N–H and O–H groups in total. The van der Waals surface area contributed by atoms with Crippen molar-refractivity contribution in [1.82, 2.24) is 15.1 Å². The lowest BCUT2D eigenvalue weighted by Gasteiger charge is -1.98. The number of amides is 1. The first-order valence-electron chi connectivity index (χ1n) is 4.13. The second-order valence-corrected chi connectivity index (χ2v) is 2.77. The minimum Gasteiger partial charge on any atom is -0.395 e. The number of nitro groups is 1. The second kappa shape index (κ2) is 4.51. The molecule has 1 amide bonds. The van der Waals surface area contributed by atoms with Crippen LogP contribution in [0.4, 0.5) is 5.69 Å². The Hall–Kier alpha value is -1.96. The Balaban J connectivity index is 2.92. The third-order valence-corrected chi connectivity index (χ3v) is 1.62. The van der Waals surface area contributed by atoms with Gasteiger partial charge in [-0.15, -0.1) is 0 Å². The highest BCUT2D eigenvalue weighted by molar-refractivity contribution is 5.95. The molecule has 0 saturated heterocycles. The highest BCUT2D eigenvalue weighted by Crippen LogP contribution is 2.15. The number of carbonyl (C=O) groups is 1. The fourth-order valence-corrected chi connectivity index (χ4v) is 1.02. The number of aromatic nitrogens is 2. The summed E-state index contributed by atoms with van der Waals surface area (Å²) in [6.45, 7) is -0.196. The minimum absolute atomic E-state index is 0.0343. The van der Waals surface area contributed by atoms with Crippen LogP contribution in [0.1, 0.15) is 10.5 Å². The van der Waals surface area contributed by atoms with E-state index in [4.69, 9.17) is 5.11 Å². The standard InChI is InChI=1S/C7H10N4O4/c1-10-4-5(11(14)15)6(9-10)7(13)8-2-3-12/h4,12H,2-3H2,1H3,(H,8,13). The van der Waals surface area contributed by atoms with E-state index in [1.165, 1.54) is 11.7 Å². The summed E-state index contributed by atoms with van der Waals surface area (Å²) in [5, 5.41) is 25.0. The maximum atomic E-state index is 11.3. The molecular formula is C7H10N4O4. The Morgan fingerprint density at radius 2 is 2.47 bits per heavy atom. The van der Waals surface area contributed by atoms with Gasteiger partial charge in [0, 0.05) is 13.6 Å². The molecule has 0 aliphatic carbocycles. The second-order valence-electron chi connectivity index (χ2n) is 2.77. The number of aliphatic hydroxyl groups is 1. The molecule has 0 bridgehead atoms. The van der Waals surface area contributed by atoms with Crippen molar-refractivity contribution in [1.29, 1.82) is 0 Å². The topological polar surface area (TPSA) is 110 Å². The van der Waals surface area contributed by atoms with E-state index >= 15 is 0 Å². The van der Waals surface area contributed by atoms with Gasteiger partial charge in [0.15, 0.2) is 0 Å². The van der Waals surface area contributed by atoms with E-state index < -0.39 is 10.8 Å². The lowest BCUT2D eigenvalue weighted by molar-refractivity contribution is -0.385. The van der Waals surface area contributed by atoms with E-state index in [1.807, 2.05) is 0 Å². The first-order valence-corrected chi connectivity index (χ1v) is 4.13. The average Bonchev–Trinajstić information content (AvgIpc) is 2.57. The number of hydrogen-bond donors (Lipinski definition) is 2. The van der Waals surface area contributed by atoms with Gasteiger partial charge < -0.3 is 10.4 Å². The molecule has 8 heteroatoms. The van der Waals surface area contributed by atoms with Gasteiger partial charge in [-0.1, -0.05) is 0 Å². The quantitative estimate of drug-likeness (QED) is 0.496. The number of aliphatic hydroxyl groups excluding tert-OH is 1. The Morgan fingerprint density at radius 3 is 3.00 bits per heavy atom. The van der Waals surface area contributed by atoms with Crippen LogP contribution in [0.25, 0.3) is 0 Å². The Labute approximate surface area is 84.7 Å². The van der Waals surface area contributed by atoms with Gasteiger partial charge in [0.1, 0.15) is 6.20 Å². The molecule has 1 aromatic heterocycles. The molecule has 0 atom stereocenters. The summed E-state index contributed by atoms with van der Waals surface area (Å²) in [6.07, 6.45) is 1.15. The Morgan fingerprint density at radius 1 is 1.80 bits per heavy atom. The van der Waals surface area contributed by atoms with E-state index in [-0.39, 0.29) is 24.5 Å². The van der Waals surface area contributed by atoms with Crippen LogP contribution in [0, 0.1) is 10.1 Å². The molecule has 0 aromatic carbocycles. The van der Waals surface area contributed by atoms with Gasteiger partial charge in [0.25, 0.3) is 5.91 Å². The van der Waals surface area contributed by atoms with Crippen LogP contribution in [0.5, 0.6) is 0 Å². The summed E-state index contributed by atoms with van der Waals surface area (Å²) < 4.78 is 1.19. The maximum Gasteiger partial charge on any atom is 0.320 e. The van der Waals surface area contributed by atoms with Crippen molar-refractivity contribution in [3.63, 3.8) is 0 Å². The zero-order valence-corrected chi connectivity index (χ0v) is 8.01. The Bertz CT molecular complexity index is 386. The van der Waals surface area contributed by atoms with Crippen LogP contribution < -0.4 is 5.32 Å². The first kappa shape index (κ1) is 11.1. The molecule has 0 aliphatic rings. The minimum atomic E-state index is -0.680. The molecule has 1 aromatic rings. The van der Waals surface area contributed by atoms with Crippen LogP contribution in [-0.2, 0) is 7.05 Å². The molecule has 8 nitrogen and oxygen atoms in total. The molecule has 0 aliphatic heterocycles. The molecule has 0 fully saturated rings. The fraction of sp³-hybridized carbons (Fsp3) is 0.429. The van der Waals surface area contributed by atoms with E-state index in [0.717, 1.165) is 6.20 Å². The fourth-order valence-electron chi connectivity index (χ4n) is 1.02. The van der Waals surface area contributed by atoms with Gasteiger partial charge in [-0.3, -0.25) is 19.6 Å². The molecule has 0 spiro atoms. The third-order valence-electron chi connectivity index (χ3n) is 1.62. The molecule has 0 saturated carbocycles. The van der Waals surface area contributed by atoms with Crippen molar-refractivity contribution in [2.45, 2.75) is 0 Å². The predicted octanol–water partition coefficient (Wildman–Crippen LogP) is -0.950. The average molecular weight is 214 g/mol. The lowest BCUT2D eigenvalue weighted by atomic mass is 10.3. The summed E-state index contributed by atoms with van der Waals surface area (Å²) in [7, 11) is 1.48. The van der Waals surface area contributed by atoms with E-state index in [9.17, 15) is 14.9 Å². The van der Waals surface area contributed by atoms with Crippen LogP contribution in [-0.4, -0.2) is 38.9 Å². The molecule has 0 unspecified atom stereocenters. The van der Waals surface area contributed by atoms with Crippen LogP contribution in [0.15, 0.2) is 6.20 Å². The summed E-state index contributed by atoms with van der Waals surface area (Å²) >= 11 is 0. The number of hydrogen-bond acceptors (Lipinski definition) is 5. The van der Waals surface area contributed by atoms with Gasteiger partial charge in [0.05, 0.1) is 11.5 Å². The number of nitrogens with one attached hydrogen (secondary N) is 1. The normalized spacial score (nSPS) is 10.0. The smallest absolute Gasteiger partial charge is 0.320 e. The highest BCUT2D eigenvalue weighted by Gasteiger charge is 2.24. The number of aryl methyl sites for hydroxylation is 1. The van der Waals surface area contributed by atoms with Gasteiger partial charge in [0.2, 0.25) is 5.69 Å². The lowest BCUT2D eigenvalue weighted by Crippen LogP contribution is -2.27. The van der Waals surface area contributed by atoms with Gasteiger partial charge in [-0.05, 0) is 0 Å². The summed E-state index contributed by atoms with van der Waals surface area (Å²) in [4.78, 5) is 21.2. The zero-order chi connectivity index (χ0) is 11.4. The SMILES string of the molecule is Cn1cc([N+](=O)[O-])c(C(=O)NCCO)n1. The first-order chi connectivity index (χ1) is 7.06. The zero-order valence-electron chi connectivity index (χ0n) is 8.01. The number of carbonyl (C=O) groups excluding carboxylic acids is 1. The van der Waals surface area contributed by atoms with Crippen LogP contribution in [0.3, 0.4) is 0 Å². The van der Waals surface area contributed by atoms with E-state index in [1.54, 1.807) is 0 Å². The van der Waals surface area contributed by atoms with Gasteiger partial charge in [-0.25, -0.2) is 0 Å². The van der Waals surface area contributed by atoms with Gasteiger partial charge >= 0.3 is 5.69 Å². The van der Waals surface area contributed by atoms with Crippen LogP contribution >= 0.6 is 0 Å². The van der Waals surface area contributed by atoms with E-state index in [0.29, 0.717) is 0 Å². The van der Waals surface area contributed by atoms with Crippen molar-refractivity contribution < 1.29 is 14.8 Å². The highest BCUT2D eigenvalue weighted by atomic mass is 16.6. The molecule has 82 valence electrons. The molecule has 0 radical (unpaired) electrons. The van der Waals surface area contributed by atoms with Crippen molar-refractivity contribution in [3.05, 3.63) is 22.0 Å². The summed E-state index contributed by atoms with van der Waals surface area (Å²) in [5.74, 6) is -0.670. The summed E-state index contributed by atoms with van der Waals surface area (Å²) in [6, 6.07) is 0. The third kappa shape index (κ3) is 2.50.